The normalized spacial score (nSPS) is 10.2. The molecule has 6 nitrogen and oxygen atoms in total. The van der Waals surface area contributed by atoms with E-state index < -0.39 is 0 Å². The van der Waals surface area contributed by atoms with Gasteiger partial charge in [-0.2, -0.15) is 10.5 Å². The molecule has 0 aromatic heterocycles. The van der Waals surface area contributed by atoms with E-state index in [0.29, 0.717) is 45.3 Å². The molecular weight excluding hydrogens is 428 g/mol. The van der Waals surface area contributed by atoms with E-state index in [9.17, 15) is 10.2 Å². The standard InChI is InChI=1S/C28H20N2O4/c29-15-19-1-5-23(6-2-19)33-25-9-11-27(21(13-25)17-31)28-12-10-26(14-22(28)18-32)34-24-7-3-20(16-30)4-8-24/h1-14,31-32H,17-18H2. The summed E-state index contributed by atoms with van der Waals surface area (Å²) in [6, 6.07) is 28.4. The number of benzene rings is 4. The van der Waals surface area contributed by atoms with Gasteiger partial charge in [-0.05, 0) is 95.1 Å². The van der Waals surface area contributed by atoms with Crippen molar-refractivity contribution >= 4 is 0 Å². The Labute approximate surface area is 197 Å². The third kappa shape index (κ3) is 5.06. The zero-order valence-corrected chi connectivity index (χ0v) is 18.1. The summed E-state index contributed by atoms with van der Waals surface area (Å²) in [5.41, 5.74) is 3.90. The molecule has 0 atom stereocenters. The van der Waals surface area contributed by atoms with Gasteiger partial charge in [0, 0.05) is 0 Å². The van der Waals surface area contributed by atoms with E-state index in [1.165, 1.54) is 0 Å². The average Bonchev–Trinajstić information content (AvgIpc) is 2.89. The molecule has 166 valence electrons. The minimum Gasteiger partial charge on any atom is -0.457 e. The van der Waals surface area contributed by atoms with Gasteiger partial charge in [0.05, 0.1) is 36.5 Å². The van der Waals surface area contributed by atoms with E-state index in [2.05, 4.69) is 12.1 Å². The lowest BCUT2D eigenvalue weighted by Crippen LogP contribution is -1.97. The van der Waals surface area contributed by atoms with Crippen molar-refractivity contribution in [2.75, 3.05) is 0 Å². The smallest absolute Gasteiger partial charge is 0.127 e. The number of aliphatic hydroxyl groups excluding tert-OH is 2. The monoisotopic (exact) mass is 448 g/mol. The Bertz CT molecular complexity index is 1270. The number of rotatable bonds is 7. The molecule has 0 unspecified atom stereocenters. The fourth-order valence-corrected chi connectivity index (χ4v) is 3.52. The first-order chi connectivity index (χ1) is 16.6. The van der Waals surface area contributed by atoms with Crippen molar-refractivity contribution < 1.29 is 19.7 Å². The molecule has 0 aliphatic heterocycles. The lowest BCUT2D eigenvalue weighted by atomic mass is 9.95. The van der Waals surface area contributed by atoms with E-state index in [1.807, 2.05) is 12.1 Å². The number of nitrogens with zero attached hydrogens (tertiary/aromatic N) is 2. The van der Waals surface area contributed by atoms with Crippen LogP contribution in [0.15, 0.2) is 84.9 Å². The van der Waals surface area contributed by atoms with E-state index >= 15 is 0 Å². The van der Waals surface area contributed by atoms with Crippen LogP contribution in [-0.2, 0) is 13.2 Å². The van der Waals surface area contributed by atoms with Crippen LogP contribution in [0, 0.1) is 22.7 Å². The Morgan fingerprint density at radius 1 is 0.529 bits per heavy atom. The average molecular weight is 448 g/mol. The molecule has 0 fully saturated rings. The van der Waals surface area contributed by atoms with Crippen LogP contribution in [-0.4, -0.2) is 10.2 Å². The van der Waals surface area contributed by atoms with Gasteiger partial charge in [-0.15, -0.1) is 0 Å². The molecule has 0 spiro atoms. The van der Waals surface area contributed by atoms with E-state index in [1.54, 1.807) is 72.8 Å². The zero-order chi connectivity index (χ0) is 23.9. The molecular formula is C28H20N2O4. The first kappa shape index (κ1) is 22.6. The molecule has 6 heteroatoms. The Balaban J connectivity index is 1.59. The van der Waals surface area contributed by atoms with Crippen LogP contribution in [0.25, 0.3) is 11.1 Å². The molecule has 0 bridgehead atoms. The third-order valence-electron chi connectivity index (χ3n) is 5.22. The second-order valence-electron chi connectivity index (χ2n) is 7.43. The quantitative estimate of drug-likeness (QED) is 0.377. The lowest BCUT2D eigenvalue weighted by molar-refractivity contribution is 0.280. The molecule has 4 rings (SSSR count). The highest BCUT2D eigenvalue weighted by Gasteiger charge is 2.13. The largest absolute Gasteiger partial charge is 0.457 e. The predicted molar refractivity (Wildman–Crippen MR) is 126 cm³/mol. The van der Waals surface area contributed by atoms with Gasteiger partial charge in [0.1, 0.15) is 23.0 Å². The molecule has 4 aromatic carbocycles. The van der Waals surface area contributed by atoms with Crippen LogP contribution in [0.5, 0.6) is 23.0 Å². The van der Waals surface area contributed by atoms with Crippen LogP contribution in [0.4, 0.5) is 0 Å². The van der Waals surface area contributed by atoms with Crippen LogP contribution in [0.3, 0.4) is 0 Å². The number of nitriles is 2. The molecule has 0 amide bonds. The SMILES string of the molecule is N#Cc1ccc(Oc2ccc(-c3ccc(Oc4ccc(C#N)cc4)cc3CO)c(CO)c2)cc1. The maximum absolute atomic E-state index is 9.99. The highest BCUT2D eigenvalue weighted by molar-refractivity contribution is 5.72. The molecule has 4 aromatic rings. The van der Waals surface area contributed by atoms with Gasteiger partial charge in [-0.3, -0.25) is 0 Å². The number of hydrogen-bond donors (Lipinski definition) is 2. The molecule has 0 radical (unpaired) electrons. The van der Waals surface area contributed by atoms with Crippen LogP contribution in [0.2, 0.25) is 0 Å². The van der Waals surface area contributed by atoms with Crippen molar-refractivity contribution in [2.24, 2.45) is 0 Å². The number of aliphatic hydroxyl groups is 2. The minimum atomic E-state index is -0.214. The Morgan fingerprint density at radius 3 is 1.21 bits per heavy atom. The molecule has 0 saturated heterocycles. The first-order valence-corrected chi connectivity index (χ1v) is 10.5. The Morgan fingerprint density at radius 2 is 0.882 bits per heavy atom. The summed E-state index contributed by atoms with van der Waals surface area (Å²) in [5.74, 6) is 2.25. The predicted octanol–water partition coefficient (Wildman–Crippen LogP) is 5.67. The maximum Gasteiger partial charge on any atom is 0.127 e. The van der Waals surface area contributed by atoms with Gasteiger partial charge in [0.25, 0.3) is 0 Å². The van der Waals surface area contributed by atoms with Crippen molar-refractivity contribution in [3.8, 4) is 46.3 Å². The van der Waals surface area contributed by atoms with E-state index in [4.69, 9.17) is 20.0 Å². The van der Waals surface area contributed by atoms with Crippen LogP contribution >= 0.6 is 0 Å². The highest BCUT2D eigenvalue weighted by Crippen LogP contribution is 2.34. The number of ether oxygens (including phenoxy) is 2. The van der Waals surface area contributed by atoms with Crippen molar-refractivity contribution in [2.45, 2.75) is 13.2 Å². The molecule has 0 aliphatic rings. The maximum atomic E-state index is 9.99. The molecule has 0 saturated carbocycles. The first-order valence-electron chi connectivity index (χ1n) is 10.5. The van der Waals surface area contributed by atoms with Crippen LogP contribution < -0.4 is 9.47 Å². The summed E-state index contributed by atoms with van der Waals surface area (Å²) in [6.45, 7) is -0.428. The van der Waals surface area contributed by atoms with E-state index in [-0.39, 0.29) is 13.2 Å². The van der Waals surface area contributed by atoms with Crippen molar-refractivity contribution in [1.82, 2.24) is 0 Å². The van der Waals surface area contributed by atoms with Crippen LogP contribution in [0.1, 0.15) is 22.3 Å². The van der Waals surface area contributed by atoms with E-state index in [0.717, 1.165) is 11.1 Å². The third-order valence-corrected chi connectivity index (χ3v) is 5.22. The highest BCUT2D eigenvalue weighted by atomic mass is 16.5. The summed E-state index contributed by atoms with van der Waals surface area (Å²) < 4.78 is 11.7. The fraction of sp³-hybridized carbons (Fsp3) is 0.0714. The molecule has 2 N–H and O–H groups in total. The van der Waals surface area contributed by atoms with Gasteiger partial charge in [-0.1, -0.05) is 12.1 Å². The topological polar surface area (TPSA) is 106 Å². The summed E-state index contributed by atoms with van der Waals surface area (Å²) in [7, 11) is 0. The molecule has 0 heterocycles. The summed E-state index contributed by atoms with van der Waals surface area (Å²) in [4.78, 5) is 0. The van der Waals surface area contributed by atoms with Gasteiger partial charge in [0.2, 0.25) is 0 Å². The second-order valence-corrected chi connectivity index (χ2v) is 7.43. The second kappa shape index (κ2) is 10.3. The summed E-state index contributed by atoms with van der Waals surface area (Å²) in [6.07, 6.45) is 0. The Hall–Kier alpha value is -4.62. The number of hydrogen-bond acceptors (Lipinski definition) is 6. The molecule has 34 heavy (non-hydrogen) atoms. The lowest BCUT2D eigenvalue weighted by Gasteiger charge is -2.15. The summed E-state index contributed by atoms with van der Waals surface area (Å²) in [5, 5.41) is 37.8. The van der Waals surface area contributed by atoms with Gasteiger partial charge in [0.15, 0.2) is 0 Å². The zero-order valence-electron chi connectivity index (χ0n) is 18.1. The van der Waals surface area contributed by atoms with Gasteiger partial charge < -0.3 is 19.7 Å². The molecule has 0 aliphatic carbocycles. The van der Waals surface area contributed by atoms with Gasteiger partial charge >= 0.3 is 0 Å². The van der Waals surface area contributed by atoms with Crippen molar-refractivity contribution in [3.05, 3.63) is 107 Å². The van der Waals surface area contributed by atoms with Crippen molar-refractivity contribution in [1.29, 1.82) is 10.5 Å². The van der Waals surface area contributed by atoms with Gasteiger partial charge in [-0.25, -0.2) is 0 Å². The minimum absolute atomic E-state index is 0.214. The van der Waals surface area contributed by atoms with Crippen molar-refractivity contribution in [3.63, 3.8) is 0 Å². The Kier molecular flexibility index (Phi) is 6.86. The fourth-order valence-electron chi connectivity index (χ4n) is 3.52. The summed E-state index contributed by atoms with van der Waals surface area (Å²) >= 11 is 0.